The zero-order valence-corrected chi connectivity index (χ0v) is 14.1. The SMILES string of the molecule is F/C(COc1ccc2c(c1)[nH]c1ccccc12)=C1/CN2CCC1CC2. The van der Waals surface area contributed by atoms with Gasteiger partial charge in [0.2, 0.25) is 0 Å². The van der Waals surface area contributed by atoms with Gasteiger partial charge in [0.25, 0.3) is 0 Å². The molecule has 3 fully saturated rings. The van der Waals surface area contributed by atoms with Gasteiger partial charge in [0, 0.05) is 28.9 Å². The zero-order valence-electron chi connectivity index (χ0n) is 14.1. The predicted octanol–water partition coefficient (Wildman–Crippen LogP) is 4.65. The number of halogens is 1. The molecule has 1 aromatic heterocycles. The second-order valence-electron chi connectivity index (χ2n) is 7.15. The van der Waals surface area contributed by atoms with Crippen LogP contribution in [0.2, 0.25) is 0 Å². The van der Waals surface area contributed by atoms with Gasteiger partial charge in [0.05, 0.1) is 5.52 Å². The fraction of sp³-hybridized carbons (Fsp3) is 0.333. The summed E-state index contributed by atoms with van der Waals surface area (Å²) in [5.74, 6) is 1.05. The largest absolute Gasteiger partial charge is 0.486 e. The van der Waals surface area contributed by atoms with Crippen molar-refractivity contribution in [3.05, 3.63) is 53.9 Å². The van der Waals surface area contributed by atoms with E-state index in [9.17, 15) is 4.39 Å². The molecule has 0 atom stereocenters. The molecule has 1 N–H and O–H groups in total. The number of nitrogens with one attached hydrogen (secondary N) is 1. The normalized spacial score (nSPS) is 24.8. The van der Waals surface area contributed by atoms with Crippen molar-refractivity contribution >= 4 is 21.8 Å². The van der Waals surface area contributed by atoms with Gasteiger partial charge in [0.15, 0.2) is 0 Å². The molecule has 4 heteroatoms. The molecule has 3 aliphatic rings. The van der Waals surface area contributed by atoms with Gasteiger partial charge in [-0.25, -0.2) is 4.39 Å². The molecule has 0 spiro atoms. The van der Waals surface area contributed by atoms with Crippen LogP contribution in [0.3, 0.4) is 0 Å². The maximum atomic E-state index is 14.6. The molecule has 3 saturated heterocycles. The first-order valence-electron chi connectivity index (χ1n) is 9.01. The monoisotopic (exact) mass is 336 g/mol. The van der Waals surface area contributed by atoms with E-state index in [4.69, 9.17) is 4.74 Å². The minimum Gasteiger partial charge on any atom is -0.486 e. The summed E-state index contributed by atoms with van der Waals surface area (Å²) in [6.07, 6.45) is 2.17. The van der Waals surface area contributed by atoms with Gasteiger partial charge in [-0.05, 0) is 55.6 Å². The molecule has 3 aliphatic heterocycles. The number of ether oxygens (including phenoxy) is 1. The third-order valence-electron chi connectivity index (χ3n) is 5.67. The molecule has 0 unspecified atom stereocenters. The van der Waals surface area contributed by atoms with Gasteiger partial charge in [-0.1, -0.05) is 18.2 Å². The average Bonchev–Trinajstić information content (AvgIpc) is 3.04. The van der Waals surface area contributed by atoms with Gasteiger partial charge in [-0.3, -0.25) is 4.90 Å². The Kier molecular flexibility index (Phi) is 3.52. The van der Waals surface area contributed by atoms with Crippen LogP contribution in [-0.4, -0.2) is 36.1 Å². The van der Waals surface area contributed by atoms with Crippen LogP contribution < -0.4 is 4.74 Å². The van der Waals surface area contributed by atoms with Crippen LogP contribution in [0, 0.1) is 5.92 Å². The van der Waals surface area contributed by atoms with Crippen LogP contribution in [0.1, 0.15) is 12.8 Å². The van der Waals surface area contributed by atoms with Gasteiger partial charge in [0.1, 0.15) is 18.2 Å². The summed E-state index contributed by atoms with van der Waals surface area (Å²) in [7, 11) is 0. The number of benzene rings is 2. The molecule has 3 aromatic rings. The van der Waals surface area contributed by atoms with Crippen molar-refractivity contribution in [3.63, 3.8) is 0 Å². The van der Waals surface area contributed by atoms with Gasteiger partial charge in [-0.15, -0.1) is 0 Å². The molecule has 4 heterocycles. The molecule has 0 radical (unpaired) electrons. The van der Waals surface area contributed by atoms with E-state index in [1.54, 1.807) is 0 Å². The van der Waals surface area contributed by atoms with Crippen molar-refractivity contribution in [2.75, 3.05) is 26.2 Å². The quantitative estimate of drug-likeness (QED) is 0.754. The number of H-pyrrole nitrogens is 1. The Morgan fingerprint density at radius 3 is 2.68 bits per heavy atom. The summed E-state index contributed by atoms with van der Waals surface area (Å²) in [6.45, 7) is 3.03. The van der Waals surface area contributed by atoms with Crippen molar-refractivity contribution in [2.45, 2.75) is 12.8 Å². The van der Waals surface area contributed by atoms with E-state index in [1.165, 1.54) is 10.8 Å². The zero-order chi connectivity index (χ0) is 16.8. The molecule has 0 amide bonds. The minimum absolute atomic E-state index is 0.0331. The number of rotatable bonds is 3. The summed E-state index contributed by atoms with van der Waals surface area (Å²) < 4.78 is 20.4. The lowest BCUT2D eigenvalue weighted by Crippen LogP contribution is -2.43. The van der Waals surface area contributed by atoms with E-state index in [0.717, 1.165) is 49.1 Å². The number of hydrogen-bond donors (Lipinski definition) is 1. The van der Waals surface area contributed by atoms with Gasteiger partial charge < -0.3 is 9.72 Å². The average molecular weight is 336 g/mol. The first kappa shape index (κ1) is 15.0. The molecule has 3 nitrogen and oxygen atoms in total. The number of aromatic amines is 1. The highest BCUT2D eigenvalue weighted by atomic mass is 19.1. The highest BCUT2D eigenvalue weighted by molar-refractivity contribution is 6.07. The lowest BCUT2D eigenvalue weighted by atomic mass is 9.83. The van der Waals surface area contributed by atoms with Crippen molar-refractivity contribution in [3.8, 4) is 5.75 Å². The lowest BCUT2D eigenvalue weighted by Gasteiger charge is -2.41. The number of piperidine rings is 3. The van der Waals surface area contributed by atoms with Crippen molar-refractivity contribution in [1.82, 2.24) is 9.88 Å². The first-order valence-corrected chi connectivity index (χ1v) is 9.01. The van der Waals surface area contributed by atoms with Crippen molar-refractivity contribution < 1.29 is 9.13 Å². The topological polar surface area (TPSA) is 28.3 Å². The fourth-order valence-electron chi connectivity index (χ4n) is 4.28. The van der Waals surface area contributed by atoms with E-state index >= 15 is 0 Å². The molecule has 0 saturated carbocycles. The van der Waals surface area contributed by atoms with E-state index in [-0.39, 0.29) is 12.4 Å². The summed E-state index contributed by atoms with van der Waals surface area (Å²) >= 11 is 0. The highest BCUT2D eigenvalue weighted by Gasteiger charge is 2.31. The van der Waals surface area contributed by atoms with Crippen molar-refractivity contribution in [1.29, 1.82) is 0 Å². The number of aromatic nitrogens is 1. The Hall–Kier alpha value is -2.33. The summed E-state index contributed by atoms with van der Waals surface area (Å²) in [5.41, 5.74) is 3.09. The third kappa shape index (κ3) is 2.61. The first-order chi connectivity index (χ1) is 12.3. The number of para-hydroxylation sites is 1. The molecular formula is C21H21FN2O. The van der Waals surface area contributed by atoms with E-state index in [0.29, 0.717) is 11.7 Å². The highest BCUT2D eigenvalue weighted by Crippen LogP contribution is 2.34. The van der Waals surface area contributed by atoms with E-state index in [2.05, 4.69) is 22.0 Å². The van der Waals surface area contributed by atoms with Gasteiger partial charge in [-0.2, -0.15) is 0 Å². The van der Waals surface area contributed by atoms with Crippen LogP contribution in [0.5, 0.6) is 5.75 Å². The van der Waals surface area contributed by atoms with Crippen molar-refractivity contribution in [2.24, 2.45) is 5.92 Å². The third-order valence-corrected chi connectivity index (χ3v) is 5.67. The maximum absolute atomic E-state index is 14.6. The van der Waals surface area contributed by atoms with Crippen LogP contribution in [0.25, 0.3) is 21.8 Å². The maximum Gasteiger partial charge on any atom is 0.140 e. The molecule has 0 aliphatic carbocycles. The second-order valence-corrected chi connectivity index (χ2v) is 7.15. The predicted molar refractivity (Wildman–Crippen MR) is 98.6 cm³/mol. The Labute approximate surface area is 146 Å². The Bertz CT molecular complexity index is 966. The van der Waals surface area contributed by atoms with E-state index < -0.39 is 0 Å². The Morgan fingerprint density at radius 1 is 1.08 bits per heavy atom. The summed E-state index contributed by atoms with van der Waals surface area (Å²) in [6, 6.07) is 14.2. The molecule has 2 aromatic carbocycles. The molecular weight excluding hydrogens is 315 g/mol. The Morgan fingerprint density at radius 2 is 1.88 bits per heavy atom. The molecule has 6 rings (SSSR count). The summed E-state index contributed by atoms with van der Waals surface area (Å²) in [4.78, 5) is 5.74. The Balaban J connectivity index is 1.38. The molecule has 25 heavy (non-hydrogen) atoms. The molecule has 128 valence electrons. The summed E-state index contributed by atoms with van der Waals surface area (Å²) in [5, 5.41) is 2.36. The van der Waals surface area contributed by atoms with E-state index in [1.807, 2.05) is 30.3 Å². The number of hydrogen-bond acceptors (Lipinski definition) is 2. The second kappa shape index (κ2) is 5.88. The van der Waals surface area contributed by atoms with Crippen LogP contribution >= 0.6 is 0 Å². The standard InChI is InChI=1S/C21H21FN2O/c22-19(18-12-24-9-7-14(18)8-10-24)13-25-15-5-6-17-16-3-1-2-4-20(16)23-21(17)11-15/h1-6,11,14,23H,7-10,12-13H2/b19-18-. The minimum atomic E-state index is -0.0776. The molecule has 2 bridgehead atoms. The van der Waals surface area contributed by atoms with Crippen LogP contribution in [-0.2, 0) is 0 Å². The van der Waals surface area contributed by atoms with Crippen LogP contribution in [0.4, 0.5) is 4.39 Å². The van der Waals surface area contributed by atoms with Crippen LogP contribution in [0.15, 0.2) is 53.9 Å². The number of fused-ring (bicyclic) bond motifs is 6. The number of nitrogens with zero attached hydrogens (tertiary/aromatic N) is 1. The smallest absolute Gasteiger partial charge is 0.140 e. The van der Waals surface area contributed by atoms with Gasteiger partial charge >= 0.3 is 0 Å². The lowest BCUT2D eigenvalue weighted by molar-refractivity contribution is 0.154. The fourth-order valence-corrected chi connectivity index (χ4v) is 4.28.